The lowest BCUT2D eigenvalue weighted by atomic mass is 10.0. The van der Waals surface area contributed by atoms with Crippen LogP contribution in [0.4, 0.5) is 5.13 Å². The molecule has 4 aromatic rings. The van der Waals surface area contributed by atoms with E-state index >= 15 is 0 Å². The third-order valence-electron chi connectivity index (χ3n) is 4.97. The molecule has 0 atom stereocenters. The van der Waals surface area contributed by atoms with Gasteiger partial charge in [-0.3, -0.25) is 14.7 Å². The van der Waals surface area contributed by atoms with Crippen LogP contribution in [0.25, 0.3) is 10.2 Å². The predicted molar refractivity (Wildman–Crippen MR) is 119 cm³/mol. The molecule has 0 aliphatic carbocycles. The minimum absolute atomic E-state index is 0.0385. The van der Waals surface area contributed by atoms with E-state index in [2.05, 4.69) is 50.0 Å². The summed E-state index contributed by atoms with van der Waals surface area (Å²) in [5, 5.41) is 0.726. The Morgan fingerprint density at radius 1 is 1.03 bits per heavy atom. The van der Waals surface area contributed by atoms with Crippen molar-refractivity contribution in [3.8, 4) is 0 Å². The number of amides is 1. The monoisotopic (exact) mass is 401 g/mol. The number of aromatic nitrogens is 2. The summed E-state index contributed by atoms with van der Waals surface area (Å²) in [5.41, 5.74) is 6.48. The molecular weight excluding hydrogens is 378 g/mol. The number of carbonyl (C=O) groups is 1. The lowest BCUT2D eigenvalue weighted by Crippen LogP contribution is -2.32. The summed E-state index contributed by atoms with van der Waals surface area (Å²) < 4.78 is 1.09. The minimum Gasteiger partial charge on any atom is -0.283 e. The molecule has 0 radical (unpaired) electrons. The number of hydrogen-bond acceptors (Lipinski definition) is 4. The molecule has 0 saturated carbocycles. The third kappa shape index (κ3) is 4.35. The molecule has 0 fully saturated rings. The molecule has 0 aliphatic heterocycles. The number of carbonyl (C=O) groups excluding carboxylic acids is 1. The average Bonchev–Trinajstić information content (AvgIpc) is 3.11. The van der Waals surface area contributed by atoms with Crippen LogP contribution in [-0.2, 0) is 17.8 Å². The van der Waals surface area contributed by atoms with E-state index in [1.165, 1.54) is 11.1 Å². The second-order valence-electron chi connectivity index (χ2n) is 7.42. The first-order valence-corrected chi connectivity index (χ1v) is 10.4. The number of hydrogen-bond donors (Lipinski definition) is 0. The number of benzene rings is 2. The molecule has 0 unspecified atom stereocenters. The number of rotatable bonds is 5. The van der Waals surface area contributed by atoms with Crippen molar-refractivity contribution in [2.75, 3.05) is 4.90 Å². The van der Waals surface area contributed by atoms with Gasteiger partial charge in [-0.25, -0.2) is 4.98 Å². The van der Waals surface area contributed by atoms with Gasteiger partial charge >= 0.3 is 0 Å². The molecule has 0 N–H and O–H groups in total. The number of fused-ring (bicyclic) bond motifs is 1. The van der Waals surface area contributed by atoms with Crippen molar-refractivity contribution in [1.82, 2.24) is 9.97 Å². The fourth-order valence-corrected chi connectivity index (χ4v) is 4.45. The van der Waals surface area contributed by atoms with E-state index in [0.717, 1.165) is 32.0 Å². The lowest BCUT2D eigenvalue weighted by molar-refractivity contribution is -0.118. The van der Waals surface area contributed by atoms with Crippen molar-refractivity contribution in [1.29, 1.82) is 0 Å². The molecule has 4 nitrogen and oxygen atoms in total. The van der Waals surface area contributed by atoms with Gasteiger partial charge in [-0.2, -0.15) is 0 Å². The Morgan fingerprint density at radius 2 is 1.83 bits per heavy atom. The summed E-state index contributed by atoms with van der Waals surface area (Å²) in [6.45, 7) is 6.64. The van der Waals surface area contributed by atoms with E-state index in [0.29, 0.717) is 13.0 Å². The molecule has 0 aliphatic rings. The molecule has 4 rings (SSSR count). The summed E-state index contributed by atoms with van der Waals surface area (Å²) >= 11 is 1.56. The van der Waals surface area contributed by atoms with Crippen molar-refractivity contribution in [3.63, 3.8) is 0 Å². The van der Waals surface area contributed by atoms with Crippen LogP contribution >= 0.6 is 11.3 Å². The molecule has 2 heterocycles. The van der Waals surface area contributed by atoms with E-state index < -0.39 is 0 Å². The van der Waals surface area contributed by atoms with E-state index in [1.54, 1.807) is 28.6 Å². The molecule has 5 heteroatoms. The Kier molecular flexibility index (Phi) is 5.41. The van der Waals surface area contributed by atoms with Gasteiger partial charge in [0.2, 0.25) is 5.91 Å². The summed E-state index contributed by atoms with van der Waals surface area (Å²) in [7, 11) is 0. The van der Waals surface area contributed by atoms with Crippen molar-refractivity contribution in [2.24, 2.45) is 0 Å². The highest BCUT2D eigenvalue weighted by Crippen LogP contribution is 2.31. The number of thiazole rings is 1. The maximum absolute atomic E-state index is 13.4. The lowest BCUT2D eigenvalue weighted by Gasteiger charge is -2.20. The summed E-state index contributed by atoms with van der Waals surface area (Å²) in [6, 6.07) is 16.3. The molecule has 29 heavy (non-hydrogen) atoms. The normalized spacial score (nSPS) is 11.0. The molecular formula is C24H23N3OS. The van der Waals surface area contributed by atoms with Crippen LogP contribution in [0, 0.1) is 20.8 Å². The third-order valence-corrected chi connectivity index (χ3v) is 6.01. The zero-order valence-corrected chi connectivity index (χ0v) is 17.7. The Labute approximate surface area is 174 Å². The zero-order valence-electron chi connectivity index (χ0n) is 16.8. The standard InChI is InChI=1S/C24H23N3OS/c1-16-6-8-20(18(3)11-16)13-23(28)27(15-19-5-4-10-25-14-19)24-26-21-9-7-17(2)12-22(21)29-24/h4-12,14H,13,15H2,1-3H3. The summed E-state index contributed by atoms with van der Waals surface area (Å²) in [6.07, 6.45) is 3.89. The molecule has 0 saturated heterocycles. The first-order valence-electron chi connectivity index (χ1n) is 9.62. The van der Waals surface area contributed by atoms with Crippen molar-refractivity contribution >= 4 is 32.6 Å². The number of pyridine rings is 1. The Bertz CT molecular complexity index is 1170. The van der Waals surface area contributed by atoms with E-state index in [1.807, 2.05) is 24.3 Å². The van der Waals surface area contributed by atoms with Crippen LogP contribution in [0.15, 0.2) is 60.9 Å². The van der Waals surface area contributed by atoms with Gasteiger partial charge in [0.05, 0.1) is 23.2 Å². The number of anilines is 1. The molecule has 146 valence electrons. The summed E-state index contributed by atoms with van der Waals surface area (Å²) in [5.74, 6) is 0.0385. The van der Waals surface area contributed by atoms with Gasteiger partial charge in [0, 0.05) is 12.4 Å². The highest BCUT2D eigenvalue weighted by Gasteiger charge is 2.21. The fourth-order valence-electron chi connectivity index (χ4n) is 3.37. The topological polar surface area (TPSA) is 46.1 Å². The van der Waals surface area contributed by atoms with Crippen LogP contribution in [0.2, 0.25) is 0 Å². The SMILES string of the molecule is Cc1ccc(CC(=O)N(Cc2cccnc2)c2nc3ccc(C)cc3s2)c(C)c1. The largest absolute Gasteiger partial charge is 0.283 e. The second-order valence-corrected chi connectivity index (χ2v) is 8.42. The van der Waals surface area contributed by atoms with Crippen LogP contribution in [-0.4, -0.2) is 15.9 Å². The molecule has 0 bridgehead atoms. The fraction of sp³-hybridized carbons (Fsp3) is 0.208. The van der Waals surface area contributed by atoms with E-state index in [-0.39, 0.29) is 5.91 Å². The van der Waals surface area contributed by atoms with Crippen LogP contribution in [0.5, 0.6) is 0 Å². The van der Waals surface area contributed by atoms with Gasteiger partial charge in [0.15, 0.2) is 5.13 Å². The second kappa shape index (κ2) is 8.13. The van der Waals surface area contributed by atoms with Gasteiger partial charge in [0.1, 0.15) is 0 Å². The maximum atomic E-state index is 13.4. The van der Waals surface area contributed by atoms with Crippen LogP contribution < -0.4 is 4.90 Å². The Balaban J connectivity index is 1.69. The first kappa shape index (κ1) is 19.3. The van der Waals surface area contributed by atoms with Gasteiger partial charge in [-0.05, 0) is 61.2 Å². The number of aryl methyl sites for hydroxylation is 3. The van der Waals surface area contributed by atoms with Gasteiger partial charge in [-0.15, -0.1) is 0 Å². The van der Waals surface area contributed by atoms with E-state index in [4.69, 9.17) is 4.98 Å². The molecule has 2 aromatic heterocycles. The van der Waals surface area contributed by atoms with Gasteiger partial charge in [0.25, 0.3) is 0 Å². The highest BCUT2D eigenvalue weighted by atomic mass is 32.1. The van der Waals surface area contributed by atoms with Gasteiger partial charge < -0.3 is 0 Å². The Hall–Kier alpha value is -3.05. The van der Waals surface area contributed by atoms with Crippen molar-refractivity contribution in [2.45, 2.75) is 33.7 Å². The maximum Gasteiger partial charge on any atom is 0.233 e. The minimum atomic E-state index is 0.0385. The smallest absolute Gasteiger partial charge is 0.233 e. The molecule has 1 amide bonds. The van der Waals surface area contributed by atoms with Crippen molar-refractivity contribution < 1.29 is 4.79 Å². The van der Waals surface area contributed by atoms with Crippen LogP contribution in [0.3, 0.4) is 0 Å². The Morgan fingerprint density at radius 3 is 2.59 bits per heavy atom. The van der Waals surface area contributed by atoms with Gasteiger partial charge in [-0.1, -0.05) is 47.2 Å². The quantitative estimate of drug-likeness (QED) is 0.450. The van der Waals surface area contributed by atoms with Crippen LogP contribution in [0.1, 0.15) is 27.8 Å². The number of nitrogens with zero attached hydrogens (tertiary/aromatic N) is 3. The zero-order chi connectivity index (χ0) is 20.4. The van der Waals surface area contributed by atoms with E-state index in [9.17, 15) is 4.79 Å². The first-order chi connectivity index (χ1) is 14.0. The molecule has 2 aromatic carbocycles. The predicted octanol–water partition coefficient (Wildman–Crippen LogP) is 5.39. The van der Waals surface area contributed by atoms with Crippen molar-refractivity contribution in [3.05, 3.63) is 88.7 Å². The highest BCUT2D eigenvalue weighted by molar-refractivity contribution is 7.22. The summed E-state index contributed by atoms with van der Waals surface area (Å²) in [4.78, 5) is 24.1. The molecule has 0 spiro atoms. The average molecular weight is 402 g/mol.